The van der Waals surface area contributed by atoms with Crippen LogP contribution in [0.5, 0.6) is 0 Å². The Morgan fingerprint density at radius 3 is 2.46 bits per heavy atom. The van der Waals surface area contributed by atoms with Gasteiger partial charge in [-0.05, 0) is 114 Å². The number of hydrogen-bond acceptors (Lipinski definition) is 4. The number of fused-ring (bicyclic) bond motifs is 8. The predicted molar refractivity (Wildman–Crippen MR) is 184 cm³/mol. The van der Waals surface area contributed by atoms with Crippen molar-refractivity contribution in [2.45, 2.75) is 112 Å². The second-order valence-electron chi connectivity index (χ2n) is 17.3. The molecule has 0 unspecified atom stereocenters. The van der Waals surface area contributed by atoms with E-state index < -0.39 is 5.41 Å². The monoisotopic (exact) mass is 641 g/mol. The number of hydrogen-bond donors (Lipinski definition) is 0. The first-order valence-electron chi connectivity index (χ1n) is 17.8. The van der Waals surface area contributed by atoms with Crippen LogP contribution >= 0.6 is 11.6 Å². The molecule has 246 valence electrons. The maximum atomic E-state index is 14.3. The van der Waals surface area contributed by atoms with Gasteiger partial charge in [0.1, 0.15) is 11.8 Å². The molecule has 46 heavy (non-hydrogen) atoms. The third-order valence-electron chi connectivity index (χ3n) is 15.1. The molecule has 0 bridgehead atoms. The average molecular weight is 642 g/mol. The van der Waals surface area contributed by atoms with Crippen molar-refractivity contribution in [3.05, 3.63) is 75.6 Å². The normalized spacial score (nSPS) is 40.6. The Kier molecular flexibility index (Phi) is 7.52. The van der Waals surface area contributed by atoms with Crippen LogP contribution in [0.4, 0.5) is 0 Å². The summed E-state index contributed by atoms with van der Waals surface area (Å²) < 4.78 is 6.22. The summed E-state index contributed by atoms with van der Waals surface area (Å²) in [6.45, 7) is 17.6. The van der Waals surface area contributed by atoms with E-state index in [9.17, 15) is 9.59 Å². The molecule has 1 heterocycles. The van der Waals surface area contributed by atoms with Crippen LogP contribution in [0.2, 0.25) is 5.15 Å². The maximum Gasteiger partial charge on any atom is 0.313 e. The number of carbonyl (C=O) groups is 2. The van der Waals surface area contributed by atoms with E-state index in [1.807, 2.05) is 36.4 Å². The van der Waals surface area contributed by atoms with Gasteiger partial charge in [0.15, 0.2) is 6.29 Å². The van der Waals surface area contributed by atoms with Crippen molar-refractivity contribution in [2.24, 2.45) is 51.2 Å². The summed E-state index contributed by atoms with van der Waals surface area (Å²) in [4.78, 5) is 31.1. The lowest BCUT2D eigenvalue weighted by molar-refractivity contribution is -0.184. The first-order valence-corrected chi connectivity index (χ1v) is 18.2. The molecule has 0 radical (unpaired) electrons. The first-order chi connectivity index (χ1) is 21.7. The van der Waals surface area contributed by atoms with E-state index in [0.717, 1.165) is 62.5 Å². The molecule has 5 heteroatoms. The molecule has 0 N–H and O–H groups in total. The van der Waals surface area contributed by atoms with E-state index in [4.69, 9.17) is 21.3 Å². The minimum Gasteiger partial charge on any atom is -0.460 e. The number of aldehydes is 1. The highest BCUT2D eigenvalue weighted by atomic mass is 35.5. The van der Waals surface area contributed by atoms with Crippen molar-refractivity contribution in [3.63, 3.8) is 0 Å². The van der Waals surface area contributed by atoms with Crippen LogP contribution < -0.4 is 0 Å². The smallest absolute Gasteiger partial charge is 0.313 e. The van der Waals surface area contributed by atoms with Gasteiger partial charge < -0.3 is 4.74 Å². The van der Waals surface area contributed by atoms with Crippen molar-refractivity contribution in [2.75, 3.05) is 0 Å². The fraction of sp³-hybridized carbons (Fsp3) is 0.634. The molecule has 5 aliphatic rings. The Balaban J connectivity index is 1.28. The second kappa shape index (κ2) is 10.8. The number of benzene rings is 1. The zero-order chi connectivity index (χ0) is 32.9. The van der Waals surface area contributed by atoms with Gasteiger partial charge in [-0.25, -0.2) is 4.98 Å². The third kappa shape index (κ3) is 4.26. The quantitative estimate of drug-likeness (QED) is 0.144. The van der Waals surface area contributed by atoms with E-state index in [-0.39, 0.29) is 33.5 Å². The molecule has 0 spiro atoms. The molecular formula is C41H52ClNO3. The standard InChI is InChI=1S/C41H52ClNO3/c1-25-15-18-41(36(45)46-24-27-11-9-8-10-12-27)20-19-39(6)30(33(41)26(25)2)13-14-32-38(5)22-28-21-29(23-44)35(42)43-34(28)37(3,4)31(38)16-17-40(32,39)7/h8-13,21,23,25-26,31-33H,14-20,22,24H2,1-7H3/t25-,26-,31+,32-,33-,38+,39+,40-,41-/m0/s1. The molecule has 3 fully saturated rings. The van der Waals surface area contributed by atoms with E-state index in [1.165, 1.54) is 12.0 Å². The molecule has 0 saturated heterocycles. The van der Waals surface area contributed by atoms with Gasteiger partial charge in [0, 0.05) is 5.41 Å². The number of pyridine rings is 1. The summed E-state index contributed by atoms with van der Waals surface area (Å²) >= 11 is 6.51. The lowest BCUT2D eigenvalue weighted by Gasteiger charge is -2.71. The molecular weight excluding hydrogens is 590 g/mol. The van der Waals surface area contributed by atoms with Gasteiger partial charge in [0.2, 0.25) is 0 Å². The molecule has 3 saturated carbocycles. The average Bonchev–Trinajstić information content (AvgIpc) is 3.02. The van der Waals surface area contributed by atoms with Crippen LogP contribution in [0.15, 0.2) is 48.0 Å². The van der Waals surface area contributed by atoms with Gasteiger partial charge in [-0.3, -0.25) is 9.59 Å². The first kappa shape index (κ1) is 32.1. The summed E-state index contributed by atoms with van der Waals surface area (Å²) in [5.74, 6) is 2.20. The number of esters is 1. The van der Waals surface area contributed by atoms with Gasteiger partial charge in [-0.2, -0.15) is 0 Å². The minimum atomic E-state index is -0.446. The van der Waals surface area contributed by atoms with Gasteiger partial charge in [-0.15, -0.1) is 0 Å². The molecule has 2 aromatic rings. The van der Waals surface area contributed by atoms with Crippen LogP contribution in [0.3, 0.4) is 0 Å². The van der Waals surface area contributed by atoms with Crippen molar-refractivity contribution >= 4 is 23.9 Å². The van der Waals surface area contributed by atoms with Crippen LogP contribution in [0, 0.1) is 51.2 Å². The largest absolute Gasteiger partial charge is 0.460 e. The number of allylic oxidation sites excluding steroid dienone is 2. The summed E-state index contributed by atoms with van der Waals surface area (Å²) in [7, 11) is 0. The molecule has 1 aromatic heterocycles. The highest BCUT2D eigenvalue weighted by Gasteiger charge is 2.69. The maximum absolute atomic E-state index is 14.3. The zero-order valence-electron chi connectivity index (χ0n) is 28.9. The highest BCUT2D eigenvalue weighted by molar-refractivity contribution is 6.31. The zero-order valence-corrected chi connectivity index (χ0v) is 29.7. The van der Waals surface area contributed by atoms with Gasteiger partial charge >= 0.3 is 5.97 Å². The summed E-state index contributed by atoms with van der Waals surface area (Å²) in [6, 6.07) is 12.1. The molecule has 7 rings (SSSR count). The van der Waals surface area contributed by atoms with Crippen LogP contribution in [-0.2, 0) is 28.0 Å². The van der Waals surface area contributed by atoms with Crippen molar-refractivity contribution < 1.29 is 14.3 Å². The summed E-state index contributed by atoms with van der Waals surface area (Å²) in [5.41, 5.74) is 4.96. The van der Waals surface area contributed by atoms with Crippen molar-refractivity contribution in [3.8, 4) is 0 Å². The summed E-state index contributed by atoms with van der Waals surface area (Å²) in [6.07, 6.45) is 11.7. The molecule has 9 atom stereocenters. The summed E-state index contributed by atoms with van der Waals surface area (Å²) in [5, 5.41) is 0.327. The topological polar surface area (TPSA) is 56.3 Å². The van der Waals surface area contributed by atoms with Gasteiger partial charge in [0.05, 0.1) is 16.7 Å². The lowest BCUT2D eigenvalue weighted by atomic mass is 9.33. The van der Waals surface area contributed by atoms with E-state index in [1.54, 1.807) is 5.57 Å². The Bertz CT molecular complexity index is 1600. The van der Waals surface area contributed by atoms with Crippen LogP contribution in [0.25, 0.3) is 0 Å². The Labute approximate surface area is 281 Å². The van der Waals surface area contributed by atoms with Gasteiger partial charge in [-0.1, -0.05) is 102 Å². The Morgan fingerprint density at radius 2 is 1.74 bits per heavy atom. The molecule has 1 aromatic carbocycles. The Morgan fingerprint density at radius 1 is 1.00 bits per heavy atom. The van der Waals surface area contributed by atoms with E-state index in [2.05, 4.69) is 54.5 Å². The number of nitrogens with zero attached hydrogens (tertiary/aromatic N) is 1. The van der Waals surface area contributed by atoms with Crippen molar-refractivity contribution in [1.82, 2.24) is 4.98 Å². The number of carbonyl (C=O) groups excluding carboxylic acids is 2. The molecule has 5 aliphatic carbocycles. The molecule has 0 amide bonds. The van der Waals surface area contributed by atoms with Crippen molar-refractivity contribution in [1.29, 1.82) is 0 Å². The Hall–Kier alpha value is -2.46. The fourth-order valence-electron chi connectivity index (χ4n) is 12.4. The lowest BCUT2D eigenvalue weighted by Crippen LogP contribution is -2.65. The minimum absolute atomic E-state index is 0.0136. The van der Waals surface area contributed by atoms with E-state index >= 15 is 0 Å². The van der Waals surface area contributed by atoms with Crippen LogP contribution in [0.1, 0.15) is 121 Å². The van der Waals surface area contributed by atoms with E-state index in [0.29, 0.717) is 41.0 Å². The highest BCUT2D eigenvalue weighted by Crippen LogP contribution is 2.75. The molecule has 4 nitrogen and oxygen atoms in total. The fourth-order valence-corrected chi connectivity index (χ4v) is 12.6. The molecule has 0 aliphatic heterocycles. The second-order valence-corrected chi connectivity index (χ2v) is 17.6. The SMILES string of the molecule is C[C@@H]1[C@H]2C3=CC[C@H]4[C@]5(C)Cc6cc(C=O)c(Cl)nc6C(C)(C)[C@H]5CC[C@]4(C)[C@]3(C)CC[C@@]2(C(=O)OCc2ccccc2)CC[C@@H]1C. The number of aromatic nitrogens is 1. The number of halogens is 1. The van der Waals surface area contributed by atoms with Crippen LogP contribution in [-0.4, -0.2) is 17.2 Å². The predicted octanol–water partition coefficient (Wildman–Crippen LogP) is 9.96. The van der Waals surface area contributed by atoms with Gasteiger partial charge in [0.25, 0.3) is 0 Å². The number of rotatable bonds is 4. The number of ether oxygens (including phenoxy) is 1. The third-order valence-corrected chi connectivity index (χ3v) is 15.4.